The van der Waals surface area contributed by atoms with Crippen LogP contribution in [0.3, 0.4) is 0 Å². The summed E-state index contributed by atoms with van der Waals surface area (Å²) in [5.41, 5.74) is 2.67. The molecule has 3 rings (SSSR count). The molecule has 1 heterocycles. The first kappa shape index (κ1) is 16.4. The molecule has 2 N–H and O–H groups in total. The summed E-state index contributed by atoms with van der Waals surface area (Å²) >= 11 is 0. The molecule has 2 amide bonds. The third-order valence-corrected chi connectivity index (χ3v) is 4.50. The van der Waals surface area contributed by atoms with Crippen LogP contribution in [0, 0.1) is 0 Å². The van der Waals surface area contributed by atoms with Gasteiger partial charge in [0.2, 0.25) is 5.84 Å². The highest BCUT2D eigenvalue weighted by Crippen LogP contribution is 2.32. The van der Waals surface area contributed by atoms with Crippen LogP contribution in [0.2, 0.25) is 0 Å². The number of anilines is 1. The van der Waals surface area contributed by atoms with E-state index in [0.717, 1.165) is 6.42 Å². The fourth-order valence-corrected chi connectivity index (χ4v) is 2.93. The number of nitrogens with zero attached hydrogens (tertiary/aromatic N) is 3. The van der Waals surface area contributed by atoms with Crippen LogP contribution in [0.5, 0.6) is 0 Å². The van der Waals surface area contributed by atoms with Crippen LogP contribution < -0.4 is 10.4 Å². The van der Waals surface area contributed by atoms with Gasteiger partial charge in [-0.2, -0.15) is 0 Å². The Morgan fingerprint density at radius 1 is 1.42 bits per heavy atom. The van der Waals surface area contributed by atoms with Crippen molar-refractivity contribution in [3.63, 3.8) is 0 Å². The summed E-state index contributed by atoms with van der Waals surface area (Å²) in [7, 11) is 1.64. The smallest absolute Gasteiger partial charge is 0.290 e. The lowest BCUT2D eigenvalue weighted by atomic mass is 9.80. The number of carbonyl (C=O) groups excluding carboxylic acids is 2. The zero-order valence-corrected chi connectivity index (χ0v) is 13.9. The highest BCUT2D eigenvalue weighted by atomic mass is 16.3. The molecule has 1 atom stereocenters. The molecule has 0 spiro atoms. The molecule has 0 aromatic heterocycles. The van der Waals surface area contributed by atoms with Gasteiger partial charge in [0.1, 0.15) is 6.04 Å². The predicted octanol–water partition coefficient (Wildman–Crippen LogP) is 0.698. The quantitative estimate of drug-likeness (QED) is 0.851. The third-order valence-electron chi connectivity index (χ3n) is 4.50. The van der Waals surface area contributed by atoms with Gasteiger partial charge < -0.3 is 10.0 Å². The van der Waals surface area contributed by atoms with E-state index >= 15 is 0 Å². The lowest BCUT2D eigenvalue weighted by Crippen LogP contribution is -2.59. The monoisotopic (exact) mass is 330 g/mol. The average molecular weight is 330 g/mol. The Kier molecular flexibility index (Phi) is 4.28. The van der Waals surface area contributed by atoms with E-state index < -0.39 is 11.6 Å². The van der Waals surface area contributed by atoms with Crippen molar-refractivity contribution in [2.45, 2.75) is 37.8 Å². The van der Waals surface area contributed by atoms with E-state index in [-0.39, 0.29) is 24.2 Å². The molecule has 1 aromatic rings. The Bertz CT molecular complexity index is 670. The summed E-state index contributed by atoms with van der Waals surface area (Å²) in [6, 6.07) is 8.42. The maximum Gasteiger partial charge on any atom is 0.290 e. The van der Waals surface area contributed by atoms with Gasteiger partial charge in [-0.1, -0.05) is 18.2 Å². The number of hydrogen-bond acceptors (Lipinski definition) is 5. The van der Waals surface area contributed by atoms with Crippen LogP contribution >= 0.6 is 0 Å². The van der Waals surface area contributed by atoms with Gasteiger partial charge in [0.15, 0.2) is 0 Å². The lowest BCUT2D eigenvalue weighted by Gasteiger charge is -2.40. The van der Waals surface area contributed by atoms with E-state index in [1.807, 2.05) is 18.2 Å². The highest BCUT2D eigenvalue weighted by Gasteiger charge is 2.38. The molecular formula is C17H22N4O3. The van der Waals surface area contributed by atoms with E-state index in [1.54, 1.807) is 26.1 Å². The number of amides is 2. The number of hydrazine groups is 1. The minimum atomic E-state index is -0.791. The normalized spacial score (nSPS) is 22.3. The maximum atomic E-state index is 12.6. The molecular weight excluding hydrogens is 308 g/mol. The van der Waals surface area contributed by atoms with Gasteiger partial charge in [-0.15, -0.1) is 0 Å². The second-order valence-electron chi connectivity index (χ2n) is 6.51. The number of carbonyl (C=O) groups is 2. The van der Waals surface area contributed by atoms with E-state index in [0.29, 0.717) is 18.5 Å². The molecule has 2 aliphatic rings. The average Bonchev–Trinajstić information content (AvgIpc) is 2.55. The lowest BCUT2D eigenvalue weighted by molar-refractivity contribution is -0.129. The molecule has 1 aliphatic heterocycles. The number of benzene rings is 1. The van der Waals surface area contributed by atoms with Crippen molar-refractivity contribution in [2.24, 2.45) is 4.99 Å². The minimum absolute atomic E-state index is 0.108. The van der Waals surface area contributed by atoms with Crippen molar-refractivity contribution in [1.29, 1.82) is 0 Å². The van der Waals surface area contributed by atoms with Crippen molar-refractivity contribution in [3.05, 3.63) is 30.3 Å². The zero-order chi connectivity index (χ0) is 17.3. The fraction of sp³-hybridized carbons (Fsp3) is 0.471. The number of amidine groups is 1. The molecule has 1 aliphatic carbocycles. The number of nitrogens with one attached hydrogen (secondary N) is 1. The highest BCUT2D eigenvalue weighted by molar-refractivity contribution is 6.39. The van der Waals surface area contributed by atoms with Gasteiger partial charge in [0, 0.05) is 13.6 Å². The van der Waals surface area contributed by atoms with E-state index in [4.69, 9.17) is 0 Å². The summed E-state index contributed by atoms with van der Waals surface area (Å²) in [6.45, 7) is 1.92. The minimum Gasteiger partial charge on any atom is -0.388 e. The second-order valence-corrected chi connectivity index (χ2v) is 6.51. The predicted molar refractivity (Wildman–Crippen MR) is 90.4 cm³/mol. The molecule has 1 fully saturated rings. The van der Waals surface area contributed by atoms with Crippen LogP contribution in [-0.4, -0.2) is 52.9 Å². The van der Waals surface area contributed by atoms with Crippen LogP contribution in [0.15, 0.2) is 35.3 Å². The number of aliphatic hydroxyl groups is 1. The van der Waals surface area contributed by atoms with Gasteiger partial charge in [0.25, 0.3) is 11.8 Å². The zero-order valence-electron chi connectivity index (χ0n) is 13.9. The summed E-state index contributed by atoms with van der Waals surface area (Å²) in [5, 5.41) is 11.6. The summed E-state index contributed by atoms with van der Waals surface area (Å²) in [4.78, 5) is 30.6. The molecule has 24 heavy (non-hydrogen) atoms. The molecule has 0 unspecified atom stereocenters. The van der Waals surface area contributed by atoms with Crippen LogP contribution in [0.25, 0.3) is 0 Å². The third kappa shape index (κ3) is 3.12. The van der Waals surface area contributed by atoms with Gasteiger partial charge in [-0.3, -0.25) is 15.0 Å². The Morgan fingerprint density at radius 3 is 2.67 bits per heavy atom. The van der Waals surface area contributed by atoms with Gasteiger partial charge >= 0.3 is 0 Å². The summed E-state index contributed by atoms with van der Waals surface area (Å²) in [5.74, 6) is -0.454. The standard InChI is InChI=1S/C17H22N4O3/c1-12-15(22)21(13-7-4-3-5-8-13)19-14(18-12)16(23)20(2)11-17(24)9-6-10-17/h3-5,7-8,12,24H,6,9-11H2,1-2H3,(H,18,19)/t12-/m0/s1. The largest absolute Gasteiger partial charge is 0.388 e. The van der Waals surface area contributed by atoms with E-state index in [1.165, 1.54) is 9.91 Å². The van der Waals surface area contributed by atoms with Gasteiger partial charge in [-0.25, -0.2) is 10.0 Å². The summed E-state index contributed by atoms with van der Waals surface area (Å²) < 4.78 is 0. The second kappa shape index (κ2) is 6.24. The van der Waals surface area contributed by atoms with E-state index in [2.05, 4.69) is 10.4 Å². The van der Waals surface area contributed by atoms with Gasteiger partial charge in [-0.05, 0) is 38.3 Å². The maximum absolute atomic E-state index is 12.6. The summed E-state index contributed by atoms with van der Waals surface area (Å²) in [6.07, 6.45) is 2.39. The van der Waals surface area contributed by atoms with Crippen molar-refractivity contribution >= 4 is 23.3 Å². The SMILES string of the molecule is C[C@@H]1N=C(C(=O)N(C)CC2(O)CCC2)NN(c2ccccc2)C1=O. The fourth-order valence-electron chi connectivity index (χ4n) is 2.93. The molecule has 0 radical (unpaired) electrons. The van der Waals surface area contributed by atoms with Gasteiger partial charge in [0.05, 0.1) is 11.3 Å². The van der Waals surface area contributed by atoms with Crippen molar-refractivity contribution in [3.8, 4) is 0 Å². The number of rotatable bonds is 4. The van der Waals surface area contributed by atoms with Crippen LogP contribution in [0.4, 0.5) is 5.69 Å². The molecule has 0 saturated heterocycles. The molecule has 0 bridgehead atoms. The number of hydrogen-bond donors (Lipinski definition) is 2. The van der Waals surface area contributed by atoms with E-state index in [9.17, 15) is 14.7 Å². The number of likely N-dealkylation sites (N-methyl/N-ethyl adjacent to an activating group) is 1. The molecule has 128 valence electrons. The Labute approximate surface area is 140 Å². The topological polar surface area (TPSA) is 85.2 Å². The Morgan fingerprint density at radius 2 is 2.08 bits per heavy atom. The molecule has 1 aromatic carbocycles. The van der Waals surface area contributed by atoms with Crippen molar-refractivity contribution in [1.82, 2.24) is 10.3 Å². The van der Waals surface area contributed by atoms with Crippen molar-refractivity contribution in [2.75, 3.05) is 18.6 Å². The number of aliphatic imine (C=N–C) groups is 1. The molecule has 7 heteroatoms. The molecule has 1 saturated carbocycles. The number of para-hydroxylation sites is 1. The first-order chi connectivity index (χ1) is 11.4. The first-order valence-electron chi connectivity index (χ1n) is 8.11. The Hall–Kier alpha value is -2.41. The molecule has 7 nitrogen and oxygen atoms in total. The van der Waals surface area contributed by atoms with Crippen LogP contribution in [-0.2, 0) is 9.59 Å². The Balaban J connectivity index is 1.76. The van der Waals surface area contributed by atoms with Crippen LogP contribution in [0.1, 0.15) is 26.2 Å². The van der Waals surface area contributed by atoms with Crippen molar-refractivity contribution < 1.29 is 14.7 Å². The first-order valence-corrected chi connectivity index (χ1v) is 8.11.